The van der Waals surface area contributed by atoms with Gasteiger partial charge >= 0.3 is 0 Å². The molecule has 0 atom stereocenters. The monoisotopic (exact) mass is 240 g/mol. The first-order chi connectivity index (χ1) is 8.65. The molecule has 0 unspecified atom stereocenters. The SMILES string of the molecule is Oc1cccc(CC2(O)Cc3ccccc3C2)c1. The Morgan fingerprint density at radius 3 is 2.22 bits per heavy atom. The molecule has 0 heterocycles. The Kier molecular flexibility index (Phi) is 2.60. The van der Waals surface area contributed by atoms with Crippen molar-refractivity contribution in [1.82, 2.24) is 0 Å². The maximum Gasteiger partial charge on any atom is 0.115 e. The lowest BCUT2D eigenvalue weighted by molar-refractivity contribution is 0.0518. The molecule has 0 saturated carbocycles. The standard InChI is InChI=1S/C16H16O2/c17-15-7-3-4-12(8-15)9-16(18)10-13-5-1-2-6-14(13)11-16/h1-8,17-18H,9-11H2. The topological polar surface area (TPSA) is 40.5 Å². The quantitative estimate of drug-likeness (QED) is 0.846. The van der Waals surface area contributed by atoms with E-state index in [1.165, 1.54) is 11.1 Å². The second-order valence-electron chi connectivity index (χ2n) is 5.19. The minimum atomic E-state index is -0.711. The molecule has 92 valence electrons. The molecular weight excluding hydrogens is 224 g/mol. The largest absolute Gasteiger partial charge is 0.508 e. The van der Waals surface area contributed by atoms with Crippen molar-refractivity contribution in [2.45, 2.75) is 24.9 Å². The fourth-order valence-corrected chi connectivity index (χ4v) is 2.85. The molecule has 0 spiro atoms. The Morgan fingerprint density at radius 2 is 1.61 bits per heavy atom. The molecule has 2 nitrogen and oxygen atoms in total. The third-order valence-corrected chi connectivity index (χ3v) is 3.60. The zero-order valence-corrected chi connectivity index (χ0v) is 10.1. The summed E-state index contributed by atoms with van der Waals surface area (Å²) >= 11 is 0. The summed E-state index contributed by atoms with van der Waals surface area (Å²) in [6.45, 7) is 0. The van der Waals surface area contributed by atoms with Crippen molar-refractivity contribution in [2.24, 2.45) is 0 Å². The molecule has 0 radical (unpaired) electrons. The van der Waals surface area contributed by atoms with Gasteiger partial charge in [0.05, 0.1) is 5.60 Å². The Labute approximate surface area is 107 Å². The summed E-state index contributed by atoms with van der Waals surface area (Å²) in [7, 11) is 0. The van der Waals surface area contributed by atoms with Gasteiger partial charge in [-0.1, -0.05) is 36.4 Å². The molecule has 2 N–H and O–H groups in total. The van der Waals surface area contributed by atoms with E-state index in [9.17, 15) is 10.2 Å². The number of benzene rings is 2. The minimum absolute atomic E-state index is 0.256. The van der Waals surface area contributed by atoms with Crippen LogP contribution in [0.2, 0.25) is 0 Å². The summed E-state index contributed by atoms with van der Waals surface area (Å²) in [5.41, 5.74) is 2.74. The zero-order chi connectivity index (χ0) is 12.6. The molecule has 0 bridgehead atoms. The van der Waals surface area contributed by atoms with Gasteiger partial charge in [0.1, 0.15) is 5.75 Å². The fourth-order valence-electron chi connectivity index (χ4n) is 2.85. The summed E-state index contributed by atoms with van der Waals surface area (Å²) in [6, 6.07) is 15.3. The number of phenolic OH excluding ortho intramolecular Hbond substituents is 1. The lowest BCUT2D eigenvalue weighted by atomic mass is 9.91. The molecule has 0 saturated heterocycles. The molecule has 1 aliphatic rings. The Bertz CT molecular complexity index is 550. The summed E-state index contributed by atoms with van der Waals surface area (Å²) < 4.78 is 0. The molecule has 2 aromatic rings. The zero-order valence-electron chi connectivity index (χ0n) is 10.1. The van der Waals surface area contributed by atoms with Gasteiger partial charge in [0, 0.05) is 19.3 Å². The van der Waals surface area contributed by atoms with Crippen LogP contribution in [0.4, 0.5) is 0 Å². The molecule has 0 amide bonds. The van der Waals surface area contributed by atoms with E-state index >= 15 is 0 Å². The normalized spacial score (nSPS) is 16.5. The second kappa shape index (κ2) is 4.14. The third kappa shape index (κ3) is 2.12. The number of aromatic hydroxyl groups is 1. The predicted octanol–water partition coefficient (Wildman–Crippen LogP) is 2.46. The highest BCUT2D eigenvalue weighted by Crippen LogP contribution is 2.32. The Hall–Kier alpha value is -1.80. The summed E-state index contributed by atoms with van der Waals surface area (Å²) in [6.07, 6.45) is 1.97. The molecule has 2 aromatic carbocycles. The highest BCUT2D eigenvalue weighted by atomic mass is 16.3. The van der Waals surface area contributed by atoms with Crippen LogP contribution < -0.4 is 0 Å². The van der Waals surface area contributed by atoms with Crippen LogP contribution in [0.15, 0.2) is 48.5 Å². The van der Waals surface area contributed by atoms with Crippen LogP contribution in [0.3, 0.4) is 0 Å². The van der Waals surface area contributed by atoms with Crippen molar-refractivity contribution in [3.05, 3.63) is 65.2 Å². The van der Waals surface area contributed by atoms with E-state index in [1.807, 2.05) is 24.3 Å². The molecule has 1 aliphatic carbocycles. The van der Waals surface area contributed by atoms with Crippen molar-refractivity contribution >= 4 is 0 Å². The van der Waals surface area contributed by atoms with Crippen LogP contribution in [0.1, 0.15) is 16.7 Å². The smallest absolute Gasteiger partial charge is 0.115 e. The maximum atomic E-state index is 10.7. The third-order valence-electron chi connectivity index (χ3n) is 3.60. The average Bonchev–Trinajstić information content (AvgIpc) is 2.64. The van der Waals surface area contributed by atoms with Gasteiger partial charge < -0.3 is 10.2 Å². The highest BCUT2D eigenvalue weighted by molar-refractivity contribution is 5.37. The molecule has 3 rings (SSSR count). The number of rotatable bonds is 2. The molecule has 2 heteroatoms. The van der Waals surface area contributed by atoms with Crippen LogP contribution in [0, 0.1) is 0 Å². The van der Waals surface area contributed by atoms with Gasteiger partial charge in [-0.3, -0.25) is 0 Å². The average molecular weight is 240 g/mol. The number of phenols is 1. The first-order valence-corrected chi connectivity index (χ1v) is 6.22. The number of aliphatic hydroxyl groups is 1. The predicted molar refractivity (Wildman–Crippen MR) is 70.6 cm³/mol. The molecule has 0 aromatic heterocycles. The Morgan fingerprint density at radius 1 is 0.944 bits per heavy atom. The molecule has 0 aliphatic heterocycles. The van der Waals surface area contributed by atoms with Crippen LogP contribution in [-0.2, 0) is 19.3 Å². The van der Waals surface area contributed by atoms with E-state index in [0.29, 0.717) is 19.3 Å². The van der Waals surface area contributed by atoms with Gasteiger partial charge in [-0.2, -0.15) is 0 Å². The van der Waals surface area contributed by atoms with Crippen molar-refractivity contribution in [2.75, 3.05) is 0 Å². The second-order valence-corrected chi connectivity index (χ2v) is 5.19. The van der Waals surface area contributed by atoms with Gasteiger partial charge in [-0.25, -0.2) is 0 Å². The van der Waals surface area contributed by atoms with Crippen LogP contribution in [-0.4, -0.2) is 15.8 Å². The van der Waals surface area contributed by atoms with Crippen molar-refractivity contribution in [3.63, 3.8) is 0 Å². The molecular formula is C16H16O2. The number of hydrogen-bond donors (Lipinski definition) is 2. The lowest BCUT2D eigenvalue weighted by Gasteiger charge is -2.22. The Balaban J connectivity index is 1.83. The van der Waals surface area contributed by atoms with E-state index in [4.69, 9.17) is 0 Å². The summed E-state index contributed by atoms with van der Waals surface area (Å²) in [5.74, 6) is 0.256. The van der Waals surface area contributed by atoms with Crippen LogP contribution in [0.25, 0.3) is 0 Å². The number of hydrogen-bond acceptors (Lipinski definition) is 2. The first kappa shape index (κ1) is 11.3. The van der Waals surface area contributed by atoms with E-state index in [-0.39, 0.29) is 5.75 Å². The summed E-state index contributed by atoms with van der Waals surface area (Å²) in [5, 5.41) is 20.1. The van der Waals surface area contributed by atoms with Gasteiger partial charge in [0.25, 0.3) is 0 Å². The van der Waals surface area contributed by atoms with Gasteiger partial charge in [0.2, 0.25) is 0 Å². The van der Waals surface area contributed by atoms with E-state index in [0.717, 1.165) is 5.56 Å². The highest BCUT2D eigenvalue weighted by Gasteiger charge is 2.34. The van der Waals surface area contributed by atoms with Crippen LogP contribution >= 0.6 is 0 Å². The van der Waals surface area contributed by atoms with E-state index in [1.54, 1.807) is 12.1 Å². The fraction of sp³-hybridized carbons (Fsp3) is 0.250. The van der Waals surface area contributed by atoms with Gasteiger partial charge in [0.15, 0.2) is 0 Å². The van der Waals surface area contributed by atoms with Crippen molar-refractivity contribution in [1.29, 1.82) is 0 Å². The molecule has 18 heavy (non-hydrogen) atoms. The van der Waals surface area contributed by atoms with E-state index in [2.05, 4.69) is 12.1 Å². The number of fused-ring (bicyclic) bond motifs is 1. The molecule has 0 fully saturated rings. The lowest BCUT2D eigenvalue weighted by Crippen LogP contribution is -2.32. The van der Waals surface area contributed by atoms with Crippen molar-refractivity contribution in [3.8, 4) is 5.75 Å². The van der Waals surface area contributed by atoms with Crippen LogP contribution in [0.5, 0.6) is 5.75 Å². The summed E-state index contributed by atoms with van der Waals surface area (Å²) in [4.78, 5) is 0. The van der Waals surface area contributed by atoms with Crippen molar-refractivity contribution < 1.29 is 10.2 Å². The minimum Gasteiger partial charge on any atom is -0.508 e. The van der Waals surface area contributed by atoms with Gasteiger partial charge in [-0.05, 0) is 28.8 Å². The first-order valence-electron chi connectivity index (χ1n) is 6.22. The maximum absolute atomic E-state index is 10.7. The van der Waals surface area contributed by atoms with E-state index < -0.39 is 5.60 Å². The van der Waals surface area contributed by atoms with Gasteiger partial charge in [-0.15, -0.1) is 0 Å².